The lowest BCUT2D eigenvalue weighted by molar-refractivity contribution is -0.104. The van der Waals surface area contributed by atoms with E-state index < -0.39 is 0 Å². The summed E-state index contributed by atoms with van der Waals surface area (Å²) in [6.45, 7) is 1.80. The Morgan fingerprint density at radius 1 is 1.50 bits per heavy atom. The number of hydrogen-bond donors (Lipinski definition) is 0. The highest BCUT2D eigenvalue weighted by Gasteiger charge is 1.48. The zero-order valence-corrected chi connectivity index (χ0v) is 3.14. The van der Waals surface area contributed by atoms with E-state index in [1.54, 1.807) is 13.0 Å². The van der Waals surface area contributed by atoms with E-state index >= 15 is 0 Å². The first-order chi connectivity index (χ1) is 2.41. The maximum atomic E-state index is 9.32. The summed E-state index contributed by atoms with van der Waals surface area (Å²) in [7, 11) is 0. The summed E-state index contributed by atoms with van der Waals surface area (Å²) >= 11 is 0. The van der Waals surface area contributed by atoms with E-state index in [1.165, 1.54) is 6.08 Å². The van der Waals surface area contributed by atoms with Crippen molar-refractivity contribution < 1.29 is 4.79 Å². The molecule has 0 aromatic carbocycles. The highest BCUT2D eigenvalue weighted by Crippen LogP contribution is 1.55. The predicted molar refractivity (Wildman–Crippen MR) is 27.6 cm³/mol. The first kappa shape index (κ1) is 9.05. The first-order valence-corrected chi connectivity index (χ1v) is 1.48. The molecule has 0 saturated carbocycles. The smallest absolute Gasteiger partial charge is 0.142 e. The van der Waals surface area contributed by atoms with Crippen LogP contribution in [-0.2, 0) is 4.79 Å². The molecule has 1 heteroatoms. The molecule has 0 spiro atoms. The van der Waals surface area contributed by atoms with Crippen LogP contribution in [0.1, 0.15) is 14.4 Å². The Labute approximate surface area is 38.7 Å². The second-order valence-electron chi connectivity index (χ2n) is 0.662. The van der Waals surface area contributed by atoms with E-state index in [2.05, 4.69) is 0 Å². The average Bonchev–Trinajstić information content (AvgIpc) is 1.41. The van der Waals surface area contributed by atoms with Gasteiger partial charge in [-0.05, 0) is 13.0 Å². The van der Waals surface area contributed by atoms with Gasteiger partial charge in [-0.1, -0.05) is 13.5 Å². The van der Waals surface area contributed by atoms with Crippen LogP contribution >= 0.6 is 0 Å². The van der Waals surface area contributed by atoms with Crippen LogP contribution in [0.2, 0.25) is 0 Å². The van der Waals surface area contributed by atoms with Gasteiger partial charge < -0.3 is 0 Å². The summed E-state index contributed by atoms with van der Waals surface area (Å²) in [5.74, 6) is 0. The largest absolute Gasteiger partial charge is 0.299 e. The number of carbonyl (C=O) groups excluding carboxylic acids is 1. The van der Waals surface area contributed by atoms with Gasteiger partial charge in [0.05, 0.1) is 0 Å². The van der Waals surface area contributed by atoms with E-state index in [-0.39, 0.29) is 7.43 Å². The van der Waals surface area contributed by atoms with Gasteiger partial charge >= 0.3 is 0 Å². The summed E-state index contributed by atoms with van der Waals surface area (Å²) in [6, 6.07) is 0. The molecule has 0 aromatic rings. The van der Waals surface area contributed by atoms with Crippen molar-refractivity contribution in [1.82, 2.24) is 0 Å². The summed E-state index contributed by atoms with van der Waals surface area (Å²) in [6.07, 6.45) is 3.88. The van der Waals surface area contributed by atoms with Crippen molar-refractivity contribution >= 4 is 6.29 Å². The number of carbonyl (C=O) groups is 1. The molecule has 0 amide bonds. The van der Waals surface area contributed by atoms with E-state index in [9.17, 15) is 4.79 Å². The van der Waals surface area contributed by atoms with Gasteiger partial charge in [-0.25, -0.2) is 0 Å². The Balaban J connectivity index is 0. The van der Waals surface area contributed by atoms with Crippen molar-refractivity contribution in [3.05, 3.63) is 12.2 Å². The monoisotopic (exact) mass is 86.1 g/mol. The molecule has 0 radical (unpaired) electrons. The molecule has 0 fully saturated rings. The third-order valence-corrected chi connectivity index (χ3v) is 0.271. The van der Waals surface area contributed by atoms with E-state index in [4.69, 9.17) is 0 Å². The fourth-order valence-electron chi connectivity index (χ4n) is 0.0786. The minimum atomic E-state index is 0. The van der Waals surface area contributed by atoms with Crippen LogP contribution in [-0.4, -0.2) is 6.29 Å². The summed E-state index contributed by atoms with van der Waals surface area (Å²) < 4.78 is 0. The van der Waals surface area contributed by atoms with Crippen LogP contribution in [0.15, 0.2) is 12.2 Å². The molecule has 0 bridgehead atoms. The van der Waals surface area contributed by atoms with Crippen LogP contribution in [0.5, 0.6) is 0 Å². The second-order valence-corrected chi connectivity index (χ2v) is 0.662. The Kier molecular flexibility index (Phi) is 13.3. The van der Waals surface area contributed by atoms with Crippen LogP contribution in [0.25, 0.3) is 0 Å². The third-order valence-electron chi connectivity index (χ3n) is 0.271. The SMILES string of the molecule is C.C/C=C/C=O. The molecule has 0 saturated heterocycles. The Morgan fingerprint density at radius 2 is 2.00 bits per heavy atom. The fraction of sp³-hybridized carbons (Fsp3) is 0.400. The normalized spacial score (nSPS) is 7.50. The van der Waals surface area contributed by atoms with Gasteiger partial charge in [0.15, 0.2) is 0 Å². The van der Waals surface area contributed by atoms with E-state index in [1.807, 2.05) is 0 Å². The number of hydrogen-bond acceptors (Lipinski definition) is 1. The van der Waals surface area contributed by atoms with Crippen molar-refractivity contribution in [3.63, 3.8) is 0 Å². The molecule has 0 N–H and O–H groups in total. The molecule has 0 rings (SSSR count). The number of allylic oxidation sites excluding steroid dienone is 2. The van der Waals surface area contributed by atoms with Crippen LogP contribution in [0.3, 0.4) is 0 Å². The molecule has 0 atom stereocenters. The van der Waals surface area contributed by atoms with Crippen molar-refractivity contribution in [1.29, 1.82) is 0 Å². The fourth-order valence-corrected chi connectivity index (χ4v) is 0.0786. The molecule has 0 aromatic heterocycles. The van der Waals surface area contributed by atoms with Gasteiger partial charge in [-0.2, -0.15) is 0 Å². The predicted octanol–water partition coefficient (Wildman–Crippen LogP) is 1.40. The maximum Gasteiger partial charge on any atom is 0.142 e. The summed E-state index contributed by atoms with van der Waals surface area (Å²) in [5.41, 5.74) is 0. The van der Waals surface area contributed by atoms with Gasteiger partial charge in [0, 0.05) is 0 Å². The molecular formula is C5H10O. The maximum absolute atomic E-state index is 9.32. The Morgan fingerprint density at radius 3 is 2.00 bits per heavy atom. The van der Waals surface area contributed by atoms with Crippen LogP contribution in [0.4, 0.5) is 0 Å². The molecule has 0 aliphatic carbocycles. The number of aldehydes is 1. The van der Waals surface area contributed by atoms with Crippen molar-refractivity contribution in [2.24, 2.45) is 0 Å². The number of rotatable bonds is 1. The molecular weight excluding hydrogens is 76.1 g/mol. The lowest BCUT2D eigenvalue weighted by Gasteiger charge is -1.51. The zero-order valence-electron chi connectivity index (χ0n) is 3.14. The second kappa shape index (κ2) is 8.83. The highest BCUT2D eigenvalue weighted by molar-refractivity contribution is 5.64. The first-order valence-electron chi connectivity index (χ1n) is 1.48. The van der Waals surface area contributed by atoms with Gasteiger partial charge in [-0.3, -0.25) is 4.79 Å². The standard InChI is InChI=1S/C4H6O.CH4/c1-2-3-4-5;/h2-4H,1H3;1H4/b3-2+;. The van der Waals surface area contributed by atoms with Crippen LogP contribution < -0.4 is 0 Å². The molecule has 0 heterocycles. The summed E-state index contributed by atoms with van der Waals surface area (Å²) in [4.78, 5) is 9.32. The van der Waals surface area contributed by atoms with E-state index in [0.29, 0.717) is 0 Å². The lowest BCUT2D eigenvalue weighted by Crippen LogP contribution is -1.50. The average molecular weight is 86.1 g/mol. The molecule has 0 aliphatic heterocycles. The van der Waals surface area contributed by atoms with Crippen molar-refractivity contribution in [3.8, 4) is 0 Å². The topological polar surface area (TPSA) is 17.1 Å². The minimum Gasteiger partial charge on any atom is -0.299 e. The van der Waals surface area contributed by atoms with Crippen molar-refractivity contribution in [2.45, 2.75) is 14.4 Å². The third kappa shape index (κ3) is 9.96. The molecule has 36 valence electrons. The summed E-state index contributed by atoms with van der Waals surface area (Å²) in [5, 5.41) is 0. The molecule has 1 nitrogen and oxygen atoms in total. The van der Waals surface area contributed by atoms with Crippen molar-refractivity contribution in [2.75, 3.05) is 0 Å². The quantitative estimate of drug-likeness (QED) is 0.348. The Hall–Kier alpha value is -0.590. The highest BCUT2D eigenvalue weighted by atomic mass is 16.1. The molecule has 0 aliphatic rings. The minimum absolute atomic E-state index is 0. The molecule has 6 heavy (non-hydrogen) atoms. The zero-order chi connectivity index (χ0) is 4.12. The van der Waals surface area contributed by atoms with Crippen LogP contribution in [0, 0.1) is 0 Å². The molecule has 0 unspecified atom stereocenters. The van der Waals surface area contributed by atoms with Gasteiger partial charge in [-0.15, -0.1) is 0 Å². The Bertz CT molecular complexity index is 45.9. The van der Waals surface area contributed by atoms with E-state index in [0.717, 1.165) is 6.29 Å². The van der Waals surface area contributed by atoms with Gasteiger partial charge in [0.2, 0.25) is 0 Å². The lowest BCUT2D eigenvalue weighted by atomic mass is 10.6. The van der Waals surface area contributed by atoms with Gasteiger partial charge in [0.25, 0.3) is 0 Å². The van der Waals surface area contributed by atoms with Gasteiger partial charge in [0.1, 0.15) is 6.29 Å².